The van der Waals surface area contributed by atoms with Gasteiger partial charge < -0.3 is 10.6 Å². The summed E-state index contributed by atoms with van der Waals surface area (Å²) in [5.74, 6) is 0.444. The number of benzene rings is 2. The van der Waals surface area contributed by atoms with Crippen LogP contribution >= 0.6 is 11.6 Å². The van der Waals surface area contributed by atoms with Crippen LogP contribution in [0.15, 0.2) is 42.5 Å². The van der Waals surface area contributed by atoms with Gasteiger partial charge in [-0.1, -0.05) is 63.6 Å². The van der Waals surface area contributed by atoms with Crippen LogP contribution in [0.4, 0.5) is 5.69 Å². The van der Waals surface area contributed by atoms with Gasteiger partial charge in [-0.15, -0.1) is 0 Å². The maximum Gasteiger partial charge on any atom is 0.251 e. The van der Waals surface area contributed by atoms with Gasteiger partial charge >= 0.3 is 0 Å². The van der Waals surface area contributed by atoms with E-state index in [1.54, 1.807) is 18.2 Å². The molecule has 30 heavy (non-hydrogen) atoms. The van der Waals surface area contributed by atoms with Crippen molar-refractivity contribution in [1.82, 2.24) is 5.32 Å². The molecule has 0 saturated carbocycles. The average Bonchev–Trinajstić information content (AvgIpc) is 2.68. The molecule has 0 aliphatic carbocycles. The Morgan fingerprint density at radius 3 is 2.20 bits per heavy atom. The number of amides is 2. The third kappa shape index (κ3) is 7.17. The van der Waals surface area contributed by atoms with Crippen LogP contribution in [0.5, 0.6) is 0 Å². The molecular weight excluding hydrogens is 396 g/mol. The van der Waals surface area contributed by atoms with Gasteiger partial charge in [0.15, 0.2) is 0 Å². The second kappa shape index (κ2) is 11.2. The monoisotopic (exact) mass is 428 g/mol. The van der Waals surface area contributed by atoms with Crippen molar-refractivity contribution in [2.75, 3.05) is 11.9 Å². The minimum absolute atomic E-state index is 0.161. The number of hydrogen-bond donors (Lipinski definition) is 2. The molecule has 1 unspecified atom stereocenters. The largest absolute Gasteiger partial charge is 0.352 e. The van der Waals surface area contributed by atoms with Crippen molar-refractivity contribution in [3.63, 3.8) is 0 Å². The molecular formula is C25H33ClN2O2. The van der Waals surface area contributed by atoms with Gasteiger partial charge in [0.25, 0.3) is 5.91 Å². The van der Waals surface area contributed by atoms with Gasteiger partial charge in [0.2, 0.25) is 5.91 Å². The van der Waals surface area contributed by atoms with E-state index in [2.05, 4.69) is 50.5 Å². The van der Waals surface area contributed by atoms with E-state index in [1.165, 1.54) is 5.56 Å². The fraction of sp³-hybridized carbons (Fsp3) is 0.440. The molecule has 1 atom stereocenters. The predicted octanol–water partition coefficient (Wildman–Crippen LogP) is 6.06. The van der Waals surface area contributed by atoms with Crippen LogP contribution in [0.25, 0.3) is 0 Å². The Morgan fingerprint density at radius 2 is 1.60 bits per heavy atom. The first-order chi connectivity index (χ1) is 14.2. The molecule has 0 bridgehead atoms. The lowest BCUT2D eigenvalue weighted by Gasteiger charge is -2.15. The highest BCUT2D eigenvalue weighted by atomic mass is 35.5. The predicted molar refractivity (Wildman–Crippen MR) is 125 cm³/mol. The molecule has 0 aliphatic heterocycles. The molecule has 0 heterocycles. The fourth-order valence-corrected chi connectivity index (χ4v) is 3.31. The highest BCUT2D eigenvalue weighted by Gasteiger charge is 2.18. The minimum atomic E-state index is -0.335. The smallest absolute Gasteiger partial charge is 0.251 e. The van der Waals surface area contributed by atoms with E-state index in [9.17, 15) is 9.59 Å². The summed E-state index contributed by atoms with van der Waals surface area (Å²) >= 11 is 6.26. The zero-order chi connectivity index (χ0) is 22.3. The van der Waals surface area contributed by atoms with Crippen molar-refractivity contribution >= 4 is 29.1 Å². The molecule has 162 valence electrons. The van der Waals surface area contributed by atoms with Crippen LogP contribution in [-0.4, -0.2) is 18.4 Å². The van der Waals surface area contributed by atoms with Crippen molar-refractivity contribution < 1.29 is 9.59 Å². The zero-order valence-electron chi connectivity index (χ0n) is 18.6. The quantitative estimate of drug-likeness (QED) is 0.510. The average molecular weight is 429 g/mol. The molecule has 2 aromatic carbocycles. The normalized spacial score (nSPS) is 12.1. The summed E-state index contributed by atoms with van der Waals surface area (Å²) in [6, 6.07) is 13.1. The standard InChI is InChI=1S/C25H33ClN2O2/c1-16(2)12-13-27-25(30)21-10-11-22(26)23(15-21)28-24(29)18(5)20-8-6-19(7-9-20)14-17(3)4/h6-11,15-18H,12-14H2,1-5H3,(H,27,30)(H,28,29). The summed E-state index contributed by atoms with van der Waals surface area (Å²) in [6.45, 7) is 11.1. The van der Waals surface area contributed by atoms with Crippen LogP contribution in [0, 0.1) is 11.8 Å². The Morgan fingerprint density at radius 1 is 0.933 bits per heavy atom. The van der Waals surface area contributed by atoms with Crippen molar-refractivity contribution in [2.45, 2.75) is 53.4 Å². The first kappa shape index (κ1) is 23.9. The van der Waals surface area contributed by atoms with Crippen LogP contribution < -0.4 is 10.6 Å². The van der Waals surface area contributed by atoms with Crippen LogP contribution in [0.2, 0.25) is 5.02 Å². The Balaban J connectivity index is 2.05. The Kier molecular flexibility index (Phi) is 8.91. The molecule has 2 N–H and O–H groups in total. The topological polar surface area (TPSA) is 58.2 Å². The van der Waals surface area contributed by atoms with E-state index in [-0.39, 0.29) is 17.7 Å². The summed E-state index contributed by atoms with van der Waals surface area (Å²) in [6.07, 6.45) is 1.93. The van der Waals surface area contributed by atoms with Gasteiger partial charge in [0.05, 0.1) is 16.6 Å². The second-order valence-electron chi connectivity index (χ2n) is 8.68. The maximum absolute atomic E-state index is 12.8. The van der Waals surface area contributed by atoms with Crippen molar-refractivity contribution in [1.29, 1.82) is 0 Å². The summed E-state index contributed by atoms with van der Waals surface area (Å²) in [5, 5.41) is 6.18. The number of hydrogen-bond acceptors (Lipinski definition) is 2. The Hall–Kier alpha value is -2.33. The molecule has 0 saturated heterocycles. The van der Waals surface area contributed by atoms with E-state index in [0.717, 1.165) is 18.4 Å². The van der Waals surface area contributed by atoms with Gasteiger partial charge in [0, 0.05) is 12.1 Å². The van der Waals surface area contributed by atoms with Crippen molar-refractivity contribution in [3.8, 4) is 0 Å². The third-order valence-corrected chi connectivity index (χ3v) is 5.34. The van der Waals surface area contributed by atoms with Crippen molar-refractivity contribution in [2.24, 2.45) is 11.8 Å². The molecule has 0 fully saturated rings. The molecule has 0 radical (unpaired) electrons. The maximum atomic E-state index is 12.8. The number of carbonyl (C=O) groups is 2. The van der Waals surface area contributed by atoms with E-state index in [1.807, 2.05) is 19.1 Å². The molecule has 2 amide bonds. The fourth-order valence-electron chi connectivity index (χ4n) is 3.14. The molecule has 0 aliphatic rings. The minimum Gasteiger partial charge on any atom is -0.352 e. The molecule has 2 aromatic rings. The van der Waals surface area contributed by atoms with Gasteiger partial charge in [-0.25, -0.2) is 0 Å². The first-order valence-electron chi connectivity index (χ1n) is 10.6. The van der Waals surface area contributed by atoms with Gasteiger partial charge in [-0.3, -0.25) is 9.59 Å². The Bertz CT molecular complexity index is 860. The molecule has 2 rings (SSSR count). The van der Waals surface area contributed by atoms with Crippen LogP contribution in [-0.2, 0) is 11.2 Å². The number of halogens is 1. The molecule has 0 spiro atoms. The summed E-state index contributed by atoms with van der Waals surface area (Å²) in [7, 11) is 0. The molecule has 0 aromatic heterocycles. The zero-order valence-corrected chi connectivity index (χ0v) is 19.3. The first-order valence-corrected chi connectivity index (χ1v) is 11.0. The highest BCUT2D eigenvalue weighted by Crippen LogP contribution is 2.26. The van der Waals surface area contributed by atoms with E-state index in [0.29, 0.717) is 34.7 Å². The lowest BCUT2D eigenvalue weighted by molar-refractivity contribution is -0.117. The number of rotatable bonds is 9. The molecule has 4 nitrogen and oxygen atoms in total. The lowest BCUT2D eigenvalue weighted by atomic mass is 9.96. The lowest BCUT2D eigenvalue weighted by Crippen LogP contribution is -2.25. The second-order valence-corrected chi connectivity index (χ2v) is 9.09. The summed E-state index contributed by atoms with van der Waals surface area (Å²) in [4.78, 5) is 25.2. The summed E-state index contributed by atoms with van der Waals surface area (Å²) in [5.41, 5.74) is 3.13. The van der Waals surface area contributed by atoms with Crippen molar-refractivity contribution in [3.05, 3.63) is 64.2 Å². The van der Waals surface area contributed by atoms with E-state index < -0.39 is 0 Å². The number of anilines is 1. The van der Waals surface area contributed by atoms with Crippen LogP contribution in [0.3, 0.4) is 0 Å². The van der Waals surface area contributed by atoms with Gasteiger partial charge in [-0.2, -0.15) is 0 Å². The van der Waals surface area contributed by atoms with Gasteiger partial charge in [-0.05, 0) is 60.9 Å². The van der Waals surface area contributed by atoms with E-state index in [4.69, 9.17) is 11.6 Å². The highest BCUT2D eigenvalue weighted by molar-refractivity contribution is 6.34. The van der Waals surface area contributed by atoms with E-state index >= 15 is 0 Å². The molecule has 5 heteroatoms. The summed E-state index contributed by atoms with van der Waals surface area (Å²) < 4.78 is 0. The Labute approximate surface area is 185 Å². The SMILES string of the molecule is CC(C)CCNC(=O)c1ccc(Cl)c(NC(=O)C(C)c2ccc(CC(C)C)cc2)c1. The van der Waals surface area contributed by atoms with Gasteiger partial charge in [0.1, 0.15) is 0 Å². The third-order valence-electron chi connectivity index (χ3n) is 5.01. The number of carbonyl (C=O) groups excluding carboxylic acids is 2. The van der Waals surface area contributed by atoms with Crippen LogP contribution in [0.1, 0.15) is 68.4 Å². The number of nitrogens with one attached hydrogen (secondary N) is 2.